The van der Waals surface area contributed by atoms with Gasteiger partial charge in [0.2, 0.25) is 0 Å². The molecular formula is C20H24N2O4S2. The fourth-order valence-corrected chi connectivity index (χ4v) is 7.73. The second kappa shape index (κ2) is 6.78. The lowest BCUT2D eigenvalue weighted by atomic mass is 9.78. The SMILES string of the molecule is Cc1c(S(=O)(=O)N2CCC3(CC2)CC(C)(O)CCO3)sc2ccc(C#N)cc12. The summed E-state index contributed by atoms with van der Waals surface area (Å²) in [6.45, 7) is 4.91. The van der Waals surface area contributed by atoms with E-state index in [1.54, 1.807) is 19.1 Å². The smallest absolute Gasteiger partial charge is 0.252 e. The van der Waals surface area contributed by atoms with Crippen molar-refractivity contribution in [1.29, 1.82) is 5.26 Å². The number of piperidine rings is 1. The zero-order chi connectivity index (χ0) is 20.2. The lowest BCUT2D eigenvalue weighted by Crippen LogP contribution is -2.54. The molecule has 0 amide bonds. The summed E-state index contributed by atoms with van der Waals surface area (Å²) in [6.07, 6.45) is 2.34. The van der Waals surface area contributed by atoms with Crippen LogP contribution in [0.25, 0.3) is 10.1 Å². The minimum Gasteiger partial charge on any atom is -0.390 e. The van der Waals surface area contributed by atoms with Crippen molar-refractivity contribution in [2.24, 2.45) is 0 Å². The largest absolute Gasteiger partial charge is 0.390 e. The van der Waals surface area contributed by atoms with Crippen molar-refractivity contribution < 1.29 is 18.3 Å². The van der Waals surface area contributed by atoms with Crippen LogP contribution in [0.1, 0.15) is 43.7 Å². The first-order valence-electron chi connectivity index (χ1n) is 9.46. The molecule has 6 nitrogen and oxygen atoms in total. The van der Waals surface area contributed by atoms with E-state index in [9.17, 15) is 13.5 Å². The van der Waals surface area contributed by atoms with E-state index in [0.29, 0.717) is 60.7 Å². The molecule has 1 spiro atoms. The number of fused-ring (bicyclic) bond motifs is 1. The molecule has 2 aromatic rings. The molecule has 8 heteroatoms. The van der Waals surface area contributed by atoms with E-state index in [-0.39, 0.29) is 0 Å². The van der Waals surface area contributed by atoms with Crippen molar-refractivity contribution in [2.45, 2.75) is 54.9 Å². The number of nitriles is 1. The molecule has 0 bridgehead atoms. The highest BCUT2D eigenvalue weighted by molar-refractivity contribution is 7.91. The molecule has 150 valence electrons. The number of rotatable bonds is 2. The Labute approximate surface area is 169 Å². The Bertz CT molecular complexity index is 1060. The van der Waals surface area contributed by atoms with E-state index >= 15 is 0 Å². The highest BCUT2D eigenvalue weighted by Crippen LogP contribution is 2.42. The molecule has 2 aliphatic rings. The highest BCUT2D eigenvalue weighted by Gasteiger charge is 2.46. The summed E-state index contributed by atoms with van der Waals surface area (Å²) in [5.41, 5.74) is 0.0535. The molecule has 0 aliphatic carbocycles. The average molecular weight is 421 g/mol. The Morgan fingerprint density at radius 3 is 2.64 bits per heavy atom. The monoisotopic (exact) mass is 420 g/mol. The van der Waals surface area contributed by atoms with Gasteiger partial charge in [-0.25, -0.2) is 8.42 Å². The second-order valence-corrected chi connectivity index (χ2v) is 11.4. The topological polar surface area (TPSA) is 90.6 Å². The van der Waals surface area contributed by atoms with Crippen molar-refractivity contribution in [3.05, 3.63) is 29.3 Å². The number of aryl methyl sites for hydroxylation is 1. The minimum atomic E-state index is -3.61. The third-order valence-electron chi connectivity index (χ3n) is 5.98. The van der Waals surface area contributed by atoms with Crippen LogP contribution in [0.5, 0.6) is 0 Å². The molecule has 0 radical (unpaired) electrons. The van der Waals surface area contributed by atoms with Gasteiger partial charge in [0.25, 0.3) is 10.0 Å². The number of hydrogen-bond acceptors (Lipinski definition) is 6. The van der Waals surface area contributed by atoms with Crippen molar-refractivity contribution in [3.8, 4) is 6.07 Å². The molecule has 4 rings (SSSR count). The fourth-order valence-electron chi connectivity index (χ4n) is 4.41. The molecule has 28 heavy (non-hydrogen) atoms. The van der Waals surface area contributed by atoms with Crippen LogP contribution in [-0.2, 0) is 14.8 Å². The summed E-state index contributed by atoms with van der Waals surface area (Å²) in [4.78, 5) is 0. The first kappa shape index (κ1) is 19.8. The maximum atomic E-state index is 13.3. The van der Waals surface area contributed by atoms with Gasteiger partial charge in [-0.3, -0.25) is 0 Å². The Morgan fingerprint density at radius 1 is 1.29 bits per heavy atom. The zero-order valence-corrected chi connectivity index (χ0v) is 17.7. The molecule has 2 aliphatic heterocycles. The average Bonchev–Trinajstić information content (AvgIpc) is 2.98. The van der Waals surface area contributed by atoms with Gasteiger partial charge in [0.05, 0.1) is 29.4 Å². The summed E-state index contributed by atoms with van der Waals surface area (Å²) in [5.74, 6) is 0. The molecule has 1 aromatic heterocycles. The van der Waals surface area contributed by atoms with Crippen LogP contribution in [0.15, 0.2) is 22.4 Å². The van der Waals surface area contributed by atoms with Crippen LogP contribution in [-0.4, -0.2) is 48.7 Å². The van der Waals surface area contributed by atoms with Gasteiger partial charge < -0.3 is 9.84 Å². The maximum absolute atomic E-state index is 13.3. The van der Waals surface area contributed by atoms with Crippen LogP contribution in [0.4, 0.5) is 0 Å². The first-order valence-corrected chi connectivity index (χ1v) is 11.7. The van der Waals surface area contributed by atoms with Gasteiger partial charge in [-0.05, 0) is 62.3 Å². The Balaban J connectivity index is 1.59. The van der Waals surface area contributed by atoms with Crippen LogP contribution < -0.4 is 0 Å². The van der Waals surface area contributed by atoms with Crippen LogP contribution in [0.3, 0.4) is 0 Å². The predicted molar refractivity (Wildman–Crippen MR) is 108 cm³/mol. The van der Waals surface area contributed by atoms with Crippen LogP contribution >= 0.6 is 11.3 Å². The van der Waals surface area contributed by atoms with Crippen LogP contribution in [0, 0.1) is 18.3 Å². The first-order chi connectivity index (χ1) is 13.2. The Morgan fingerprint density at radius 2 is 2.00 bits per heavy atom. The van der Waals surface area contributed by atoms with Crippen molar-refractivity contribution >= 4 is 31.4 Å². The molecule has 0 saturated carbocycles. The molecule has 2 saturated heterocycles. The second-order valence-electron chi connectivity index (χ2n) is 8.20. The van der Waals surface area contributed by atoms with Crippen molar-refractivity contribution in [2.75, 3.05) is 19.7 Å². The van der Waals surface area contributed by atoms with Crippen molar-refractivity contribution in [3.63, 3.8) is 0 Å². The Kier molecular flexibility index (Phi) is 4.80. The molecular weight excluding hydrogens is 396 g/mol. The molecule has 3 heterocycles. The number of hydrogen-bond donors (Lipinski definition) is 1. The molecule has 1 atom stereocenters. The molecule has 1 unspecified atom stereocenters. The summed E-state index contributed by atoms with van der Waals surface area (Å²) in [6, 6.07) is 7.39. The van der Waals surface area contributed by atoms with E-state index in [0.717, 1.165) is 10.1 Å². The van der Waals surface area contributed by atoms with Gasteiger partial charge in [-0.2, -0.15) is 9.57 Å². The standard InChI is InChI=1S/C20H24N2O4S2/c1-14-16-11-15(12-21)3-4-17(16)27-18(14)28(24,25)22-8-5-20(6-9-22)13-19(2,23)7-10-26-20/h3-4,11,23H,5-10,13H2,1-2H3. The highest BCUT2D eigenvalue weighted by atomic mass is 32.2. The zero-order valence-electron chi connectivity index (χ0n) is 16.1. The third kappa shape index (κ3) is 3.36. The maximum Gasteiger partial charge on any atom is 0.252 e. The molecule has 1 aromatic carbocycles. The Hall–Kier alpha value is -1.50. The van der Waals surface area contributed by atoms with E-state index in [2.05, 4.69) is 6.07 Å². The predicted octanol–water partition coefficient (Wildman–Crippen LogP) is 3.17. The number of benzene rings is 1. The molecule has 1 N–H and O–H groups in total. The van der Waals surface area contributed by atoms with E-state index < -0.39 is 21.2 Å². The van der Waals surface area contributed by atoms with Gasteiger partial charge in [-0.15, -0.1) is 11.3 Å². The number of thiophene rings is 1. The number of sulfonamides is 1. The quantitative estimate of drug-likeness (QED) is 0.806. The number of ether oxygens (including phenoxy) is 1. The van der Waals surface area contributed by atoms with Gasteiger partial charge in [0, 0.05) is 24.2 Å². The normalized spacial score (nSPS) is 25.8. The van der Waals surface area contributed by atoms with Gasteiger partial charge in [-0.1, -0.05) is 0 Å². The minimum absolute atomic E-state index is 0.352. The fraction of sp³-hybridized carbons (Fsp3) is 0.550. The number of aliphatic hydroxyl groups is 1. The van der Waals surface area contributed by atoms with E-state index in [1.807, 2.05) is 13.0 Å². The summed E-state index contributed by atoms with van der Waals surface area (Å²) >= 11 is 1.26. The lowest BCUT2D eigenvalue weighted by Gasteiger charge is -2.47. The summed E-state index contributed by atoms with van der Waals surface area (Å²) in [5, 5.41) is 20.4. The van der Waals surface area contributed by atoms with Gasteiger partial charge >= 0.3 is 0 Å². The van der Waals surface area contributed by atoms with Gasteiger partial charge in [0.15, 0.2) is 0 Å². The lowest BCUT2D eigenvalue weighted by molar-refractivity contribution is -0.168. The van der Waals surface area contributed by atoms with E-state index in [1.165, 1.54) is 15.6 Å². The number of nitrogens with zero attached hydrogens (tertiary/aromatic N) is 2. The summed E-state index contributed by atoms with van der Waals surface area (Å²) < 4.78 is 35.4. The van der Waals surface area contributed by atoms with Gasteiger partial charge in [0.1, 0.15) is 4.21 Å². The third-order valence-corrected chi connectivity index (χ3v) is 9.75. The van der Waals surface area contributed by atoms with E-state index in [4.69, 9.17) is 10.00 Å². The van der Waals surface area contributed by atoms with Crippen LogP contribution in [0.2, 0.25) is 0 Å². The molecule has 2 fully saturated rings. The van der Waals surface area contributed by atoms with Crippen molar-refractivity contribution in [1.82, 2.24) is 4.31 Å². The summed E-state index contributed by atoms with van der Waals surface area (Å²) in [7, 11) is -3.61.